The van der Waals surface area contributed by atoms with Crippen LogP contribution in [-0.2, 0) is 6.54 Å². The first-order valence-electron chi connectivity index (χ1n) is 8.90. The maximum Gasteiger partial charge on any atom is 0.349 e. The molecule has 4 rings (SSSR count). The molecule has 1 aliphatic heterocycles. The van der Waals surface area contributed by atoms with E-state index >= 15 is 0 Å². The summed E-state index contributed by atoms with van der Waals surface area (Å²) in [6, 6.07) is 19.3. The van der Waals surface area contributed by atoms with Crippen molar-refractivity contribution < 1.29 is 14.1 Å². The summed E-state index contributed by atoms with van der Waals surface area (Å²) < 4.78 is 5.30. The highest BCUT2D eigenvalue weighted by Gasteiger charge is 2.26. The smallest absolute Gasteiger partial charge is 0.349 e. The SMILES string of the molecule is O=C(c1cc2ccccc2oc1=O)N1CC[NH+](Cc2ccccc2)CC1. The summed E-state index contributed by atoms with van der Waals surface area (Å²) in [6.07, 6.45) is 0. The Morgan fingerprint density at radius 2 is 1.69 bits per heavy atom. The lowest BCUT2D eigenvalue weighted by Crippen LogP contribution is -3.13. The second-order valence-corrected chi connectivity index (χ2v) is 6.69. The zero-order chi connectivity index (χ0) is 17.9. The van der Waals surface area contributed by atoms with Gasteiger partial charge in [0, 0.05) is 10.9 Å². The Balaban J connectivity index is 1.45. The van der Waals surface area contributed by atoms with E-state index in [1.165, 1.54) is 10.5 Å². The second-order valence-electron chi connectivity index (χ2n) is 6.69. The largest absolute Gasteiger partial charge is 0.422 e. The summed E-state index contributed by atoms with van der Waals surface area (Å²) in [7, 11) is 0. The van der Waals surface area contributed by atoms with Gasteiger partial charge in [0.15, 0.2) is 0 Å². The van der Waals surface area contributed by atoms with Crippen molar-refractivity contribution in [1.82, 2.24) is 4.90 Å². The number of benzene rings is 2. The molecular formula is C21H21N2O3+. The lowest BCUT2D eigenvalue weighted by Gasteiger charge is -2.32. The van der Waals surface area contributed by atoms with Crippen LogP contribution in [0.25, 0.3) is 11.0 Å². The summed E-state index contributed by atoms with van der Waals surface area (Å²) in [4.78, 5) is 28.2. The molecule has 0 saturated carbocycles. The van der Waals surface area contributed by atoms with Gasteiger partial charge in [-0.15, -0.1) is 0 Å². The molecule has 1 fully saturated rings. The molecule has 5 heteroatoms. The summed E-state index contributed by atoms with van der Waals surface area (Å²) in [6.45, 7) is 4.00. The van der Waals surface area contributed by atoms with Crippen LogP contribution in [0.3, 0.4) is 0 Å². The van der Waals surface area contributed by atoms with Crippen molar-refractivity contribution in [2.45, 2.75) is 6.54 Å². The lowest BCUT2D eigenvalue weighted by atomic mass is 10.1. The monoisotopic (exact) mass is 349 g/mol. The molecular weight excluding hydrogens is 328 g/mol. The third-order valence-corrected chi connectivity index (χ3v) is 4.93. The number of para-hydroxylation sites is 1. The van der Waals surface area contributed by atoms with Crippen LogP contribution in [-0.4, -0.2) is 37.0 Å². The van der Waals surface area contributed by atoms with Gasteiger partial charge in [0.1, 0.15) is 17.7 Å². The predicted octanol–water partition coefficient (Wildman–Crippen LogP) is 1.33. The summed E-state index contributed by atoms with van der Waals surface area (Å²) in [5.41, 5.74) is 1.37. The number of fused-ring (bicyclic) bond motifs is 1. The minimum absolute atomic E-state index is 0.121. The molecule has 3 aromatic rings. The van der Waals surface area contributed by atoms with Crippen LogP contribution in [0.5, 0.6) is 0 Å². The molecule has 0 aliphatic carbocycles. The Bertz CT molecular complexity index is 973. The molecule has 1 aliphatic rings. The number of carbonyl (C=O) groups is 1. The minimum atomic E-state index is -0.562. The first-order chi connectivity index (χ1) is 12.7. The van der Waals surface area contributed by atoms with Gasteiger partial charge in [-0.25, -0.2) is 4.79 Å². The average molecular weight is 349 g/mol. The Morgan fingerprint density at radius 3 is 2.46 bits per heavy atom. The molecule has 1 amide bonds. The molecule has 1 aromatic heterocycles. The number of nitrogens with one attached hydrogen (secondary N) is 1. The molecule has 0 bridgehead atoms. The van der Waals surface area contributed by atoms with Crippen LogP contribution in [0.2, 0.25) is 0 Å². The van der Waals surface area contributed by atoms with E-state index in [0.29, 0.717) is 18.7 Å². The molecule has 1 saturated heterocycles. The average Bonchev–Trinajstić information content (AvgIpc) is 2.68. The number of quaternary nitrogens is 1. The van der Waals surface area contributed by atoms with Gasteiger partial charge in [-0.3, -0.25) is 4.79 Å². The Labute approximate surface area is 151 Å². The molecule has 132 valence electrons. The molecule has 0 radical (unpaired) electrons. The highest BCUT2D eigenvalue weighted by atomic mass is 16.4. The zero-order valence-electron chi connectivity index (χ0n) is 14.5. The quantitative estimate of drug-likeness (QED) is 0.726. The van der Waals surface area contributed by atoms with Crippen molar-refractivity contribution in [3.63, 3.8) is 0 Å². The first-order valence-corrected chi connectivity index (χ1v) is 8.90. The fourth-order valence-electron chi connectivity index (χ4n) is 3.47. The van der Waals surface area contributed by atoms with E-state index in [9.17, 15) is 9.59 Å². The van der Waals surface area contributed by atoms with Crippen molar-refractivity contribution in [3.8, 4) is 0 Å². The summed E-state index contributed by atoms with van der Waals surface area (Å²) >= 11 is 0. The number of hydrogen-bond acceptors (Lipinski definition) is 3. The maximum atomic E-state index is 12.8. The van der Waals surface area contributed by atoms with Crippen molar-refractivity contribution in [2.24, 2.45) is 0 Å². The van der Waals surface area contributed by atoms with E-state index in [-0.39, 0.29) is 11.5 Å². The van der Waals surface area contributed by atoms with E-state index in [4.69, 9.17) is 4.42 Å². The number of carbonyl (C=O) groups excluding carboxylic acids is 1. The van der Waals surface area contributed by atoms with Crippen LogP contribution in [0.4, 0.5) is 0 Å². The molecule has 26 heavy (non-hydrogen) atoms. The van der Waals surface area contributed by atoms with Gasteiger partial charge in [-0.05, 0) is 12.1 Å². The van der Waals surface area contributed by atoms with E-state index < -0.39 is 5.63 Å². The van der Waals surface area contributed by atoms with E-state index in [1.807, 2.05) is 36.4 Å². The third-order valence-electron chi connectivity index (χ3n) is 4.93. The van der Waals surface area contributed by atoms with Crippen LogP contribution in [0, 0.1) is 0 Å². The Kier molecular flexibility index (Phi) is 4.54. The number of rotatable bonds is 3. The fraction of sp³-hybridized carbons (Fsp3) is 0.238. The molecule has 0 unspecified atom stereocenters. The summed E-state index contributed by atoms with van der Waals surface area (Å²) in [5.74, 6) is -0.233. The predicted molar refractivity (Wildman–Crippen MR) is 99.2 cm³/mol. The standard InChI is InChI=1S/C21H20N2O3/c24-20(18-14-17-8-4-5-9-19(17)26-21(18)25)23-12-10-22(11-13-23)15-16-6-2-1-3-7-16/h1-9,14H,10-13,15H2/p+1. The molecule has 2 aromatic carbocycles. The number of nitrogens with zero attached hydrogens (tertiary/aromatic N) is 1. The topological polar surface area (TPSA) is 55.0 Å². The molecule has 1 N–H and O–H groups in total. The van der Waals surface area contributed by atoms with Gasteiger partial charge in [-0.2, -0.15) is 0 Å². The van der Waals surface area contributed by atoms with Gasteiger partial charge in [0.25, 0.3) is 5.91 Å². The highest BCUT2D eigenvalue weighted by Crippen LogP contribution is 2.13. The fourth-order valence-corrected chi connectivity index (χ4v) is 3.47. The molecule has 5 nitrogen and oxygen atoms in total. The van der Waals surface area contributed by atoms with Crippen molar-refractivity contribution >= 4 is 16.9 Å². The minimum Gasteiger partial charge on any atom is -0.422 e. The van der Waals surface area contributed by atoms with Gasteiger partial charge in [0.05, 0.1) is 26.2 Å². The molecule has 0 spiro atoms. The van der Waals surface area contributed by atoms with Crippen LogP contribution >= 0.6 is 0 Å². The molecule has 0 atom stereocenters. The number of amides is 1. The van der Waals surface area contributed by atoms with Gasteiger partial charge < -0.3 is 14.2 Å². The second kappa shape index (κ2) is 7.14. The Morgan fingerprint density at radius 1 is 1.00 bits per heavy atom. The van der Waals surface area contributed by atoms with E-state index in [1.54, 1.807) is 17.0 Å². The van der Waals surface area contributed by atoms with Crippen LogP contribution in [0.1, 0.15) is 15.9 Å². The van der Waals surface area contributed by atoms with Crippen LogP contribution < -0.4 is 10.5 Å². The normalized spacial score (nSPS) is 15.3. The van der Waals surface area contributed by atoms with Gasteiger partial charge >= 0.3 is 5.63 Å². The number of piperazine rings is 1. The maximum absolute atomic E-state index is 12.8. The van der Waals surface area contributed by atoms with Gasteiger partial charge in [0.2, 0.25) is 0 Å². The lowest BCUT2D eigenvalue weighted by molar-refractivity contribution is -0.917. The van der Waals surface area contributed by atoms with Gasteiger partial charge in [-0.1, -0.05) is 48.5 Å². The number of hydrogen-bond donors (Lipinski definition) is 1. The van der Waals surface area contributed by atoms with Crippen molar-refractivity contribution in [1.29, 1.82) is 0 Å². The highest BCUT2D eigenvalue weighted by molar-refractivity contribution is 5.96. The summed E-state index contributed by atoms with van der Waals surface area (Å²) in [5, 5.41) is 0.767. The third kappa shape index (κ3) is 3.39. The first kappa shape index (κ1) is 16.5. The van der Waals surface area contributed by atoms with Crippen molar-refractivity contribution in [3.05, 3.63) is 82.2 Å². The van der Waals surface area contributed by atoms with Crippen molar-refractivity contribution in [2.75, 3.05) is 26.2 Å². The Hall–Kier alpha value is -2.92. The molecule has 2 heterocycles. The van der Waals surface area contributed by atoms with E-state index in [0.717, 1.165) is 25.0 Å². The van der Waals surface area contributed by atoms with Crippen LogP contribution in [0.15, 0.2) is 69.9 Å². The zero-order valence-corrected chi connectivity index (χ0v) is 14.5. The van der Waals surface area contributed by atoms with E-state index in [2.05, 4.69) is 12.1 Å².